The molecule has 3 aromatic rings. The molecule has 2 atom stereocenters. The van der Waals surface area contributed by atoms with Crippen molar-refractivity contribution in [3.8, 4) is 0 Å². The number of benzene rings is 3. The zero-order chi connectivity index (χ0) is 21.8. The maximum Gasteiger partial charge on any atom is 0.332 e. The molecule has 0 amide bonds. The molecule has 5 heteroatoms. The monoisotopic (exact) mass is 415 g/mol. The Bertz CT molecular complexity index is 1110. The SMILES string of the molecule is COC(=O)[C@]1(Cc2ccccc2)NC=C(C(=O)c2ccc(F)cc2)[C@@H]1c1ccccc1. The molecule has 1 heterocycles. The molecular formula is C26H22FNO3. The molecule has 1 aliphatic rings. The van der Waals surface area contributed by atoms with Crippen LogP contribution in [0.4, 0.5) is 4.39 Å². The zero-order valence-electron chi connectivity index (χ0n) is 17.0. The minimum absolute atomic E-state index is 0.264. The van der Waals surface area contributed by atoms with Crippen molar-refractivity contribution in [2.45, 2.75) is 17.9 Å². The molecule has 4 nitrogen and oxygen atoms in total. The van der Waals surface area contributed by atoms with Crippen LogP contribution < -0.4 is 5.32 Å². The highest BCUT2D eigenvalue weighted by molar-refractivity contribution is 6.11. The number of nitrogens with one attached hydrogen (secondary N) is 1. The maximum absolute atomic E-state index is 13.4. The second-order valence-electron chi connectivity index (χ2n) is 7.55. The van der Waals surface area contributed by atoms with Gasteiger partial charge < -0.3 is 10.1 Å². The molecule has 0 unspecified atom stereocenters. The third-order valence-corrected chi connectivity index (χ3v) is 5.67. The number of halogens is 1. The lowest BCUT2D eigenvalue weighted by Crippen LogP contribution is -2.54. The molecule has 4 rings (SSSR count). The number of methoxy groups -OCH3 is 1. The Kier molecular flexibility index (Phi) is 5.67. The van der Waals surface area contributed by atoms with Gasteiger partial charge in [0.15, 0.2) is 11.3 Å². The summed E-state index contributed by atoms with van der Waals surface area (Å²) in [5, 5.41) is 3.20. The van der Waals surface area contributed by atoms with Crippen LogP contribution in [-0.2, 0) is 16.0 Å². The van der Waals surface area contributed by atoms with Crippen molar-refractivity contribution in [2.75, 3.05) is 7.11 Å². The zero-order valence-corrected chi connectivity index (χ0v) is 17.0. The molecule has 0 aromatic heterocycles. The summed E-state index contributed by atoms with van der Waals surface area (Å²) in [7, 11) is 1.35. The first kappa shape index (κ1) is 20.5. The summed E-state index contributed by atoms with van der Waals surface area (Å²) in [4.78, 5) is 26.6. The van der Waals surface area contributed by atoms with E-state index >= 15 is 0 Å². The second-order valence-corrected chi connectivity index (χ2v) is 7.55. The lowest BCUT2D eigenvalue weighted by atomic mass is 9.72. The van der Waals surface area contributed by atoms with E-state index in [2.05, 4.69) is 5.32 Å². The highest BCUT2D eigenvalue weighted by Gasteiger charge is 2.53. The number of ketones is 1. The van der Waals surface area contributed by atoms with Crippen molar-refractivity contribution >= 4 is 11.8 Å². The van der Waals surface area contributed by atoms with Gasteiger partial charge in [-0.15, -0.1) is 0 Å². The average Bonchev–Trinajstić information content (AvgIpc) is 3.20. The highest BCUT2D eigenvalue weighted by atomic mass is 19.1. The molecule has 0 saturated carbocycles. The Morgan fingerprint density at radius 3 is 2.16 bits per heavy atom. The molecule has 0 fully saturated rings. The Hall–Kier alpha value is -3.73. The van der Waals surface area contributed by atoms with Crippen molar-refractivity contribution in [2.24, 2.45) is 0 Å². The number of esters is 1. The lowest BCUT2D eigenvalue weighted by molar-refractivity contribution is -0.148. The number of carbonyl (C=O) groups is 2. The Balaban J connectivity index is 1.82. The fourth-order valence-corrected chi connectivity index (χ4v) is 4.21. The Morgan fingerprint density at radius 1 is 0.935 bits per heavy atom. The minimum Gasteiger partial charge on any atom is -0.467 e. The van der Waals surface area contributed by atoms with Crippen LogP contribution in [-0.4, -0.2) is 24.4 Å². The Morgan fingerprint density at radius 2 is 1.55 bits per heavy atom. The number of hydrogen-bond donors (Lipinski definition) is 1. The molecule has 0 aliphatic carbocycles. The summed E-state index contributed by atoms with van der Waals surface area (Å²) in [5.74, 6) is -1.72. The van der Waals surface area contributed by atoms with E-state index in [-0.39, 0.29) is 5.78 Å². The third kappa shape index (κ3) is 3.87. The summed E-state index contributed by atoms with van der Waals surface area (Å²) in [6.45, 7) is 0. The van der Waals surface area contributed by atoms with Gasteiger partial charge >= 0.3 is 5.97 Å². The number of Topliss-reactive ketones (excluding diaryl/α,β-unsaturated/α-hetero) is 1. The predicted molar refractivity (Wildman–Crippen MR) is 116 cm³/mol. The normalized spacial score (nSPS) is 19.9. The van der Waals surface area contributed by atoms with E-state index < -0.39 is 23.2 Å². The van der Waals surface area contributed by atoms with Crippen molar-refractivity contribution < 1.29 is 18.7 Å². The molecule has 0 spiro atoms. The largest absolute Gasteiger partial charge is 0.467 e. The highest BCUT2D eigenvalue weighted by Crippen LogP contribution is 2.43. The minimum atomic E-state index is -1.19. The average molecular weight is 415 g/mol. The molecule has 0 bridgehead atoms. The van der Waals surface area contributed by atoms with Gasteiger partial charge in [-0.25, -0.2) is 9.18 Å². The number of rotatable bonds is 6. The van der Waals surface area contributed by atoms with Crippen LogP contribution in [0.1, 0.15) is 27.4 Å². The molecule has 3 aromatic carbocycles. The van der Waals surface area contributed by atoms with Crippen molar-refractivity contribution in [3.63, 3.8) is 0 Å². The summed E-state index contributed by atoms with van der Waals surface area (Å²) >= 11 is 0. The van der Waals surface area contributed by atoms with Gasteiger partial charge in [-0.05, 0) is 35.4 Å². The predicted octanol–water partition coefficient (Wildman–Crippen LogP) is 4.43. The van der Waals surface area contributed by atoms with Crippen LogP contribution in [0, 0.1) is 5.82 Å². The fraction of sp³-hybridized carbons (Fsp3) is 0.154. The van der Waals surface area contributed by atoms with E-state index in [9.17, 15) is 14.0 Å². The van der Waals surface area contributed by atoms with Crippen LogP contribution in [0.15, 0.2) is 96.7 Å². The van der Waals surface area contributed by atoms with Gasteiger partial charge in [0.2, 0.25) is 0 Å². The van der Waals surface area contributed by atoms with E-state index in [1.807, 2.05) is 60.7 Å². The summed E-state index contributed by atoms with van der Waals surface area (Å²) in [6.07, 6.45) is 1.93. The van der Waals surface area contributed by atoms with Crippen LogP contribution in [0.3, 0.4) is 0 Å². The molecular weight excluding hydrogens is 393 g/mol. The van der Waals surface area contributed by atoms with Crippen LogP contribution in [0.2, 0.25) is 0 Å². The van der Waals surface area contributed by atoms with Crippen molar-refractivity contribution in [1.82, 2.24) is 5.32 Å². The summed E-state index contributed by atoms with van der Waals surface area (Å²) < 4.78 is 18.6. The van der Waals surface area contributed by atoms with Gasteiger partial charge in [0.1, 0.15) is 5.82 Å². The molecule has 1 N–H and O–H groups in total. The smallest absolute Gasteiger partial charge is 0.332 e. The molecule has 0 saturated heterocycles. The maximum atomic E-state index is 13.4. The van der Waals surface area contributed by atoms with Crippen LogP contribution in [0.5, 0.6) is 0 Å². The number of ether oxygens (including phenoxy) is 1. The van der Waals surface area contributed by atoms with Crippen LogP contribution in [0.25, 0.3) is 0 Å². The number of carbonyl (C=O) groups excluding carboxylic acids is 2. The van der Waals surface area contributed by atoms with Gasteiger partial charge in [0, 0.05) is 29.7 Å². The van der Waals surface area contributed by atoms with Crippen LogP contribution >= 0.6 is 0 Å². The standard InChI is InChI=1S/C26H22FNO3/c1-31-25(30)26(16-18-8-4-2-5-9-18)23(19-10-6-3-7-11-19)22(17-28-26)24(29)20-12-14-21(27)15-13-20/h2-15,17,23,28H,16H2,1H3/t23-,26+/m0/s1. The second kappa shape index (κ2) is 8.56. The van der Waals surface area contributed by atoms with E-state index in [1.165, 1.54) is 31.4 Å². The molecule has 1 aliphatic heterocycles. The first-order valence-corrected chi connectivity index (χ1v) is 10.0. The first-order chi connectivity index (χ1) is 15.0. The van der Waals surface area contributed by atoms with Gasteiger partial charge in [0.25, 0.3) is 0 Å². The fourth-order valence-electron chi connectivity index (χ4n) is 4.21. The summed E-state index contributed by atoms with van der Waals surface area (Å²) in [5.41, 5.74) is 1.35. The van der Waals surface area contributed by atoms with Crippen molar-refractivity contribution in [1.29, 1.82) is 0 Å². The van der Waals surface area contributed by atoms with Gasteiger partial charge in [0.05, 0.1) is 7.11 Å². The molecule has 156 valence electrons. The molecule has 31 heavy (non-hydrogen) atoms. The van der Waals surface area contributed by atoms with E-state index in [4.69, 9.17) is 4.74 Å². The van der Waals surface area contributed by atoms with Gasteiger partial charge in [-0.3, -0.25) is 4.79 Å². The lowest BCUT2D eigenvalue weighted by Gasteiger charge is -2.35. The van der Waals surface area contributed by atoms with Crippen molar-refractivity contribution in [3.05, 3.63) is 119 Å². The molecule has 0 radical (unpaired) electrons. The third-order valence-electron chi connectivity index (χ3n) is 5.67. The van der Waals surface area contributed by atoms with E-state index in [0.717, 1.165) is 11.1 Å². The van der Waals surface area contributed by atoms with Gasteiger partial charge in [-0.2, -0.15) is 0 Å². The topological polar surface area (TPSA) is 55.4 Å². The first-order valence-electron chi connectivity index (χ1n) is 10.0. The Labute approximate surface area is 180 Å². The van der Waals surface area contributed by atoms with Gasteiger partial charge in [-0.1, -0.05) is 60.7 Å². The number of hydrogen-bond acceptors (Lipinski definition) is 4. The quantitative estimate of drug-likeness (QED) is 0.478. The van der Waals surface area contributed by atoms with E-state index in [0.29, 0.717) is 17.6 Å². The van der Waals surface area contributed by atoms with E-state index in [1.54, 1.807) is 6.20 Å². The summed E-state index contributed by atoms with van der Waals surface area (Å²) in [6, 6.07) is 24.4.